The number of pyridine rings is 1. The largest absolute Gasteiger partial charge is 0.429 e. The number of hydrogen-bond donors (Lipinski definition) is 2. The summed E-state index contributed by atoms with van der Waals surface area (Å²) in [6.07, 6.45) is 1.39. The fourth-order valence-corrected chi connectivity index (χ4v) is 1.17. The molecule has 2 N–H and O–H groups in total. The van der Waals surface area contributed by atoms with Gasteiger partial charge < -0.3 is 5.21 Å². The van der Waals surface area contributed by atoms with Crippen molar-refractivity contribution in [2.24, 2.45) is 0 Å². The van der Waals surface area contributed by atoms with E-state index in [1.165, 1.54) is 12.3 Å². The molecule has 0 radical (unpaired) electrons. The third kappa shape index (κ3) is 1.75. The molecular formula is C6H6BrClN2O. The van der Waals surface area contributed by atoms with E-state index in [1.54, 1.807) is 0 Å². The average molecular weight is 237 g/mol. The minimum absolute atomic E-state index is 0.190. The monoisotopic (exact) mass is 236 g/mol. The molecule has 1 heterocycles. The molecule has 3 nitrogen and oxygen atoms in total. The van der Waals surface area contributed by atoms with Gasteiger partial charge in [-0.3, -0.25) is 5.41 Å². The first-order valence-electron chi connectivity index (χ1n) is 2.86. The van der Waals surface area contributed by atoms with Gasteiger partial charge in [-0.25, -0.2) is 0 Å². The smallest absolute Gasteiger partial charge is 0.0736 e. The van der Waals surface area contributed by atoms with Crippen LogP contribution < -0.4 is 5.36 Å². The summed E-state index contributed by atoms with van der Waals surface area (Å²) >= 11 is 8.57. The highest BCUT2D eigenvalue weighted by molar-refractivity contribution is 9.10. The predicted molar refractivity (Wildman–Crippen MR) is 44.7 cm³/mol. The van der Waals surface area contributed by atoms with Crippen LogP contribution in [0.15, 0.2) is 16.7 Å². The van der Waals surface area contributed by atoms with Crippen LogP contribution in [0.1, 0.15) is 5.69 Å². The van der Waals surface area contributed by atoms with Crippen LogP contribution in [0.2, 0.25) is 0 Å². The highest BCUT2D eigenvalue weighted by Crippen LogP contribution is 2.05. The molecule has 0 fully saturated rings. The fraction of sp³-hybridized carbons (Fsp3) is 0.167. The number of hydrogen-bond acceptors (Lipinski definition) is 2. The van der Waals surface area contributed by atoms with E-state index in [2.05, 4.69) is 15.9 Å². The number of halogens is 2. The van der Waals surface area contributed by atoms with Crippen LogP contribution in [-0.2, 0) is 5.88 Å². The third-order valence-electron chi connectivity index (χ3n) is 1.24. The Balaban J connectivity index is 3.32. The van der Waals surface area contributed by atoms with Gasteiger partial charge in [0.2, 0.25) is 0 Å². The van der Waals surface area contributed by atoms with Gasteiger partial charge in [0.25, 0.3) is 0 Å². The van der Waals surface area contributed by atoms with Gasteiger partial charge in [-0.2, -0.15) is 4.73 Å². The lowest BCUT2D eigenvalue weighted by Crippen LogP contribution is -2.09. The van der Waals surface area contributed by atoms with E-state index in [0.717, 1.165) is 4.73 Å². The first-order valence-corrected chi connectivity index (χ1v) is 4.19. The fourth-order valence-electron chi connectivity index (χ4n) is 0.661. The van der Waals surface area contributed by atoms with E-state index in [4.69, 9.17) is 22.2 Å². The molecule has 1 aromatic rings. The molecule has 1 rings (SSSR count). The Morgan fingerprint density at radius 3 is 2.91 bits per heavy atom. The van der Waals surface area contributed by atoms with E-state index in [1.807, 2.05) is 0 Å². The van der Waals surface area contributed by atoms with Gasteiger partial charge in [-0.1, -0.05) is 0 Å². The Bertz CT molecular complexity index is 323. The zero-order valence-electron chi connectivity index (χ0n) is 5.51. The molecule has 0 amide bonds. The molecule has 0 saturated carbocycles. The summed E-state index contributed by atoms with van der Waals surface area (Å²) in [5.41, 5.74) is 0.500. The number of nitrogens with one attached hydrogen (secondary N) is 1. The standard InChI is InChI=1S/C6H6BrClN2O/c7-5-3-10(11)4(2-8)1-6(5)9/h1,3,9,11H,2H2. The van der Waals surface area contributed by atoms with E-state index in [9.17, 15) is 0 Å². The topological polar surface area (TPSA) is 49.0 Å². The maximum Gasteiger partial charge on any atom is 0.0736 e. The first kappa shape index (κ1) is 8.62. The van der Waals surface area contributed by atoms with Gasteiger partial charge >= 0.3 is 0 Å². The van der Waals surface area contributed by atoms with Crippen LogP contribution in [0.4, 0.5) is 0 Å². The molecule has 0 aliphatic heterocycles. The lowest BCUT2D eigenvalue weighted by atomic mass is 10.4. The summed E-state index contributed by atoms with van der Waals surface area (Å²) < 4.78 is 1.43. The summed E-state index contributed by atoms with van der Waals surface area (Å²) in [6, 6.07) is 1.50. The van der Waals surface area contributed by atoms with E-state index < -0.39 is 0 Å². The summed E-state index contributed by atoms with van der Waals surface area (Å²) in [5.74, 6) is 0.190. The summed E-state index contributed by atoms with van der Waals surface area (Å²) in [6.45, 7) is 0. The van der Waals surface area contributed by atoms with E-state index in [-0.39, 0.29) is 5.88 Å². The number of alkyl halides is 1. The Labute approximate surface area is 76.8 Å². The number of aromatic nitrogens is 1. The maximum absolute atomic E-state index is 9.13. The summed E-state index contributed by atoms with van der Waals surface area (Å²) in [5, 5.41) is 16.8. The second-order valence-corrected chi connectivity index (χ2v) is 3.13. The molecule has 0 atom stereocenters. The van der Waals surface area contributed by atoms with Gasteiger partial charge in [-0.05, 0) is 22.0 Å². The van der Waals surface area contributed by atoms with E-state index in [0.29, 0.717) is 15.5 Å². The molecular weight excluding hydrogens is 231 g/mol. The van der Waals surface area contributed by atoms with Crippen LogP contribution in [0.25, 0.3) is 0 Å². The Morgan fingerprint density at radius 1 is 1.73 bits per heavy atom. The van der Waals surface area contributed by atoms with Crippen LogP contribution in [0.3, 0.4) is 0 Å². The molecule has 0 saturated heterocycles. The second-order valence-electron chi connectivity index (χ2n) is 2.00. The summed E-state index contributed by atoms with van der Waals surface area (Å²) in [4.78, 5) is 0. The minimum Gasteiger partial charge on any atom is -0.429 e. The normalized spacial score (nSPS) is 10.0. The predicted octanol–water partition coefficient (Wildman–Crippen LogP) is 1.71. The second kappa shape index (κ2) is 3.28. The molecule has 60 valence electrons. The number of nitrogens with zero attached hydrogens (tertiary/aromatic N) is 1. The molecule has 0 unspecified atom stereocenters. The van der Waals surface area contributed by atoms with Crippen LogP contribution in [0, 0.1) is 5.41 Å². The number of rotatable bonds is 1. The highest BCUT2D eigenvalue weighted by Gasteiger charge is 1.99. The zero-order chi connectivity index (χ0) is 8.43. The molecule has 1 aromatic heterocycles. The minimum atomic E-state index is 0.190. The lowest BCUT2D eigenvalue weighted by Gasteiger charge is -2.03. The van der Waals surface area contributed by atoms with Crippen LogP contribution in [-0.4, -0.2) is 9.94 Å². The SMILES string of the molecule is N=c1cc(CCl)n(O)cc1Br. The first-order chi connectivity index (χ1) is 5.15. The van der Waals surface area contributed by atoms with Gasteiger partial charge in [0.1, 0.15) is 0 Å². The summed E-state index contributed by atoms with van der Waals surface area (Å²) in [7, 11) is 0. The van der Waals surface area contributed by atoms with Crippen molar-refractivity contribution < 1.29 is 5.21 Å². The van der Waals surface area contributed by atoms with Crippen molar-refractivity contribution in [2.45, 2.75) is 5.88 Å². The Kier molecular flexibility index (Phi) is 2.57. The van der Waals surface area contributed by atoms with Crippen LogP contribution >= 0.6 is 27.5 Å². The Morgan fingerprint density at radius 2 is 2.36 bits per heavy atom. The molecule has 5 heteroatoms. The van der Waals surface area contributed by atoms with Crippen molar-refractivity contribution in [2.75, 3.05) is 0 Å². The van der Waals surface area contributed by atoms with Gasteiger partial charge in [0.05, 0.1) is 27.6 Å². The molecule has 0 aliphatic carbocycles. The van der Waals surface area contributed by atoms with Gasteiger partial charge in [0, 0.05) is 0 Å². The zero-order valence-corrected chi connectivity index (χ0v) is 7.85. The van der Waals surface area contributed by atoms with Crippen molar-refractivity contribution in [3.8, 4) is 0 Å². The highest BCUT2D eigenvalue weighted by atomic mass is 79.9. The molecule has 11 heavy (non-hydrogen) atoms. The van der Waals surface area contributed by atoms with Crippen molar-refractivity contribution in [1.82, 2.24) is 4.73 Å². The van der Waals surface area contributed by atoms with Crippen LogP contribution in [0.5, 0.6) is 0 Å². The van der Waals surface area contributed by atoms with Gasteiger partial charge in [0.15, 0.2) is 0 Å². The Hall–Kier alpha value is -0.480. The van der Waals surface area contributed by atoms with Crippen molar-refractivity contribution in [3.63, 3.8) is 0 Å². The lowest BCUT2D eigenvalue weighted by molar-refractivity contribution is 0.176. The van der Waals surface area contributed by atoms with Crippen molar-refractivity contribution >= 4 is 27.5 Å². The third-order valence-corrected chi connectivity index (χ3v) is 2.14. The molecule has 0 spiro atoms. The van der Waals surface area contributed by atoms with Gasteiger partial charge in [-0.15, -0.1) is 11.6 Å². The van der Waals surface area contributed by atoms with Crippen molar-refractivity contribution in [1.29, 1.82) is 5.41 Å². The quantitative estimate of drug-likeness (QED) is 0.567. The molecule has 0 aliphatic rings. The molecule has 0 bridgehead atoms. The maximum atomic E-state index is 9.13. The van der Waals surface area contributed by atoms with E-state index >= 15 is 0 Å². The molecule has 0 aromatic carbocycles. The average Bonchev–Trinajstić information content (AvgIpc) is 1.97. The van der Waals surface area contributed by atoms with Crippen molar-refractivity contribution in [3.05, 3.63) is 27.8 Å².